The second-order valence-corrected chi connectivity index (χ2v) is 10.8. The minimum Gasteiger partial charge on any atom is -0.343 e. The third kappa shape index (κ3) is 5.88. The molecule has 3 heterocycles. The van der Waals surface area contributed by atoms with Crippen molar-refractivity contribution in [3.63, 3.8) is 0 Å². The number of hydrogen-bond acceptors (Lipinski definition) is 5. The lowest BCUT2D eigenvalue weighted by Gasteiger charge is -2.26. The molecule has 0 radical (unpaired) electrons. The van der Waals surface area contributed by atoms with Crippen molar-refractivity contribution in [3.8, 4) is 10.4 Å². The number of nitrogens with one attached hydrogen (secondary N) is 4. The molecule has 1 aliphatic rings. The number of carbonyl (C=O) groups excluding carboxylic acids is 3. The molecular weight excluding hydrogens is 545 g/mol. The number of thiophene rings is 1. The highest BCUT2D eigenvalue weighted by atomic mass is 32.1. The predicted molar refractivity (Wildman–Crippen MR) is 147 cm³/mol. The van der Waals surface area contributed by atoms with Crippen molar-refractivity contribution in [1.29, 1.82) is 0 Å². The summed E-state index contributed by atoms with van der Waals surface area (Å²) in [6.07, 6.45) is 3.48. The third-order valence-electron chi connectivity index (χ3n) is 6.98. The zero-order valence-corrected chi connectivity index (χ0v) is 22.3. The minimum absolute atomic E-state index is 0.00611. The average molecular weight is 573 g/mol. The number of nitrogens with zero attached hydrogens (tertiary/aromatic N) is 2. The Balaban J connectivity index is 1.45. The topological polar surface area (TPSA) is 123 Å². The lowest BCUT2D eigenvalue weighted by molar-refractivity contribution is -0.123. The smallest absolute Gasteiger partial charge is 0.343 e. The van der Waals surface area contributed by atoms with Crippen LogP contribution < -0.4 is 15.5 Å². The van der Waals surface area contributed by atoms with Gasteiger partial charge in [0.05, 0.1) is 16.6 Å². The summed E-state index contributed by atoms with van der Waals surface area (Å²) < 4.78 is 38.6. The summed E-state index contributed by atoms with van der Waals surface area (Å²) in [6, 6.07) is 8.20. The lowest BCUT2D eigenvalue weighted by Crippen LogP contribution is -2.34. The minimum atomic E-state index is -4.61. The molecule has 0 atom stereocenters. The molecule has 1 fully saturated rings. The van der Waals surface area contributed by atoms with Crippen molar-refractivity contribution in [2.45, 2.75) is 38.3 Å². The van der Waals surface area contributed by atoms with Crippen molar-refractivity contribution >= 4 is 51.5 Å². The van der Waals surface area contributed by atoms with Gasteiger partial charge in [0, 0.05) is 46.2 Å². The first-order chi connectivity index (χ1) is 19.1. The van der Waals surface area contributed by atoms with Crippen molar-refractivity contribution in [2.75, 3.05) is 23.8 Å². The lowest BCUT2D eigenvalue weighted by atomic mass is 9.88. The van der Waals surface area contributed by atoms with Gasteiger partial charge in [-0.1, -0.05) is 19.3 Å². The Morgan fingerprint density at radius 2 is 1.88 bits per heavy atom. The van der Waals surface area contributed by atoms with E-state index < -0.39 is 24.5 Å². The Morgan fingerprint density at radius 3 is 2.58 bits per heavy atom. The Labute approximate surface area is 231 Å². The second kappa shape index (κ2) is 11.2. The first-order valence-electron chi connectivity index (χ1n) is 12.8. The van der Waals surface area contributed by atoms with Crippen molar-refractivity contribution in [1.82, 2.24) is 20.5 Å². The van der Waals surface area contributed by atoms with Crippen LogP contribution in [-0.4, -0.2) is 52.7 Å². The molecule has 1 saturated carbocycles. The van der Waals surface area contributed by atoms with Crippen LogP contribution in [-0.2, 0) is 4.79 Å². The Bertz CT molecular complexity index is 1540. The number of anilines is 2. The van der Waals surface area contributed by atoms with Gasteiger partial charge >= 0.3 is 6.18 Å². The quantitative estimate of drug-likeness (QED) is 0.227. The number of halogens is 3. The van der Waals surface area contributed by atoms with E-state index in [1.165, 1.54) is 11.3 Å². The molecule has 210 valence electrons. The number of hydrogen-bond donors (Lipinski definition) is 4. The molecule has 40 heavy (non-hydrogen) atoms. The molecule has 4 aromatic rings. The van der Waals surface area contributed by atoms with Gasteiger partial charge in [-0.15, -0.1) is 11.3 Å². The summed E-state index contributed by atoms with van der Waals surface area (Å²) in [5.41, 5.74) is 1.61. The molecular formula is C27H27F3N6O3S. The van der Waals surface area contributed by atoms with Crippen LogP contribution in [0.4, 0.5) is 24.7 Å². The first-order valence-corrected chi connectivity index (χ1v) is 13.6. The molecule has 0 aliphatic heterocycles. The zero-order chi connectivity index (χ0) is 28.4. The zero-order valence-electron chi connectivity index (χ0n) is 21.5. The van der Waals surface area contributed by atoms with Crippen LogP contribution in [0.25, 0.3) is 21.3 Å². The van der Waals surface area contributed by atoms with Gasteiger partial charge in [-0.2, -0.15) is 18.3 Å². The van der Waals surface area contributed by atoms with Gasteiger partial charge in [0.25, 0.3) is 11.8 Å². The largest absolute Gasteiger partial charge is 0.405 e. The highest BCUT2D eigenvalue weighted by Crippen LogP contribution is 2.33. The number of carbonyl (C=O) groups is 3. The molecule has 5 rings (SSSR count). The van der Waals surface area contributed by atoms with Crippen molar-refractivity contribution in [3.05, 3.63) is 53.2 Å². The molecule has 1 aliphatic carbocycles. The van der Waals surface area contributed by atoms with E-state index in [-0.39, 0.29) is 23.2 Å². The van der Waals surface area contributed by atoms with Gasteiger partial charge < -0.3 is 20.5 Å². The van der Waals surface area contributed by atoms with Crippen LogP contribution in [0.3, 0.4) is 0 Å². The average Bonchev–Trinajstić information content (AvgIpc) is 3.70. The Morgan fingerprint density at radius 1 is 1.10 bits per heavy atom. The van der Waals surface area contributed by atoms with Gasteiger partial charge in [0.1, 0.15) is 12.4 Å². The predicted octanol–water partition coefficient (Wildman–Crippen LogP) is 5.71. The highest BCUT2D eigenvalue weighted by Gasteiger charge is 2.30. The number of aromatic amines is 2. The maximum Gasteiger partial charge on any atom is 0.405 e. The number of amides is 3. The number of rotatable bonds is 7. The molecule has 0 saturated heterocycles. The van der Waals surface area contributed by atoms with E-state index in [2.05, 4.69) is 20.5 Å². The van der Waals surface area contributed by atoms with E-state index in [4.69, 9.17) is 0 Å². The summed E-state index contributed by atoms with van der Waals surface area (Å²) in [5, 5.41) is 11.4. The van der Waals surface area contributed by atoms with E-state index >= 15 is 0 Å². The first kappa shape index (κ1) is 27.4. The highest BCUT2D eigenvalue weighted by molar-refractivity contribution is 7.17. The number of fused-ring (bicyclic) bond motifs is 1. The fraction of sp³-hybridized carbons (Fsp3) is 0.333. The standard InChI is InChI=1S/C27H27F3N6O3S/c1-36(26(39)15-5-3-2-4-6-15)17-7-8-18-19(11-17)34-23(22(18)25(38)31-14-27(28,29)30)35-24(37)21-10-9-20(40-21)16-12-32-33-13-16/h7-13,15,34H,2-6,14H2,1H3,(H,31,38)(H,32,33)(H,35,37). The van der Waals surface area contributed by atoms with Crippen LogP contribution in [0, 0.1) is 5.92 Å². The summed E-state index contributed by atoms with van der Waals surface area (Å²) >= 11 is 1.20. The van der Waals surface area contributed by atoms with Crippen molar-refractivity contribution < 1.29 is 27.6 Å². The molecule has 3 aromatic heterocycles. The number of H-pyrrole nitrogens is 2. The normalized spacial score (nSPS) is 14.3. The summed E-state index contributed by atoms with van der Waals surface area (Å²) in [5.74, 6) is -1.65. The van der Waals surface area contributed by atoms with E-state index in [0.29, 0.717) is 21.5 Å². The molecule has 1 aromatic carbocycles. The number of alkyl halides is 3. The monoisotopic (exact) mass is 572 g/mol. The SMILES string of the molecule is CN(C(=O)C1CCCCC1)c1ccc2c(C(=O)NCC(F)(F)F)c(NC(=O)c3ccc(-c4cn[nH]c4)s3)[nH]c2c1. The van der Waals surface area contributed by atoms with Gasteiger partial charge in [-0.05, 0) is 43.2 Å². The summed E-state index contributed by atoms with van der Waals surface area (Å²) in [6.45, 7) is -1.53. The van der Waals surface area contributed by atoms with Gasteiger partial charge in [0.2, 0.25) is 5.91 Å². The maximum atomic E-state index is 13.1. The molecule has 3 amide bonds. The van der Waals surface area contributed by atoms with Gasteiger partial charge in [-0.25, -0.2) is 0 Å². The molecule has 4 N–H and O–H groups in total. The van der Waals surface area contributed by atoms with Crippen LogP contribution in [0.2, 0.25) is 0 Å². The van der Waals surface area contributed by atoms with Gasteiger partial charge in [-0.3, -0.25) is 19.5 Å². The van der Waals surface area contributed by atoms with Crippen LogP contribution in [0.1, 0.15) is 52.1 Å². The summed E-state index contributed by atoms with van der Waals surface area (Å²) in [4.78, 5) is 44.7. The molecule has 0 spiro atoms. The summed E-state index contributed by atoms with van der Waals surface area (Å²) in [7, 11) is 1.68. The molecule has 13 heteroatoms. The van der Waals surface area contributed by atoms with Crippen LogP contribution in [0.15, 0.2) is 42.7 Å². The molecule has 0 bridgehead atoms. The fourth-order valence-electron chi connectivity index (χ4n) is 4.92. The van der Waals surface area contributed by atoms with E-state index in [9.17, 15) is 27.6 Å². The van der Waals surface area contributed by atoms with Crippen LogP contribution >= 0.6 is 11.3 Å². The number of benzene rings is 1. The van der Waals surface area contributed by atoms with Crippen LogP contribution in [0.5, 0.6) is 0 Å². The van der Waals surface area contributed by atoms with Crippen molar-refractivity contribution in [2.24, 2.45) is 5.92 Å². The number of aromatic nitrogens is 3. The third-order valence-corrected chi connectivity index (χ3v) is 8.12. The molecule has 9 nitrogen and oxygen atoms in total. The van der Waals surface area contributed by atoms with E-state index in [1.54, 1.807) is 54.7 Å². The van der Waals surface area contributed by atoms with E-state index in [1.807, 2.05) is 5.32 Å². The Kier molecular flexibility index (Phi) is 7.66. The molecule has 0 unspecified atom stereocenters. The van der Waals surface area contributed by atoms with Gasteiger partial charge in [0.15, 0.2) is 0 Å². The fourth-order valence-corrected chi connectivity index (χ4v) is 5.80. The Hall–Kier alpha value is -4.13. The second-order valence-electron chi connectivity index (χ2n) is 9.74. The maximum absolute atomic E-state index is 13.1. The van der Waals surface area contributed by atoms with E-state index in [0.717, 1.165) is 42.5 Å².